The van der Waals surface area contributed by atoms with E-state index in [-0.39, 0.29) is 6.04 Å². The normalized spacial score (nSPS) is 14.5. The molecule has 1 aromatic heterocycles. The molecular weight excluding hydrogens is 242 g/mol. The largest absolute Gasteiger partial charge is 0.480 e. The van der Waals surface area contributed by atoms with Crippen molar-refractivity contribution in [1.29, 1.82) is 0 Å². The number of aryl methyl sites for hydroxylation is 1. The number of hydrogen-bond donors (Lipinski definition) is 3. The monoisotopic (exact) mass is 261 g/mol. The highest BCUT2D eigenvalue weighted by molar-refractivity contribution is 5.84. The van der Waals surface area contributed by atoms with E-state index in [1.54, 1.807) is 0 Å². The first-order valence-corrected chi connectivity index (χ1v) is 6.24. The topological polar surface area (TPSA) is 80.3 Å². The fourth-order valence-electron chi connectivity index (χ4n) is 2.41. The third kappa shape index (κ3) is 2.62. The number of aromatic nitrogens is 1. The van der Waals surface area contributed by atoms with Crippen LogP contribution in [-0.2, 0) is 11.8 Å². The van der Waals surface area contributed by atoms with Crippen molar-refractivity contribution in [2.24, 2.45) is 12.8 Å². The number of carbonyl (C=O) groups is 1. The van der Waals surface area contributed by atoms with E-state index in [0.29, 0.717) is 6.42 Å². The zero-order chi connectivity index (χ0) is 14.0. The maximum absolute atomic E-state index is 10.9. The average Bonchev–Trinajstić information content (AvgIpc) is 2.73. The number of nitrogens with zero attached hydrogens (tertiary/aromatic N) is 1. The van der Waals surface area contributed by atoms with Crippen LogP contribution in [0.5, 0.6) is 0 Å². The molecule has 2 unspecified atom stereocenters. The number of nitrogens with two attached hydrogens (primary N) is 1. The van der Waals surface area contributed by atoms with Gasteiger partial charge in [0.25, 0.3) is 0 Å². The lowest BCUT2D eigenvalue weighted by molar-refractivity contribution is -0.138. The number of benzene rings is 1. The van der Waals surface area contributed by atoms with Crippen LogP contribution < -0.4 is 11.1 Å². The summed E-state index contributed by atoms with van der Waals surface area (Å²) in [6.45, 7) is 0. The van der Waals surface area contributed by atoms with Crippen LogP contribution in [0.1, 0.15) is 18.0 Å². The van der Waals surface area contributed by atoms with Crippen LogP contribution >= 0.6 is 0 Å². The molecule has 102 valence electrons. The fraction of sp³-hybridized carbons (Fsp3) is 0.357. The van der Waals surface area contributed by atoms with Crippen molar-refractivity contribution in [3.63, 3.8) is 0 Å². The van der Waals surface area contributed by atoms with Crippen molar-refractivity contribution >= 4 is 16.9 Å². The predicted octanol–water partition coefficient (Wildman–Crippen LogP) is 1.24. The van der Waals surface area contributed by atoms with Gasteiger partial charge in [0, 0.05) is 30.2 Å². The van der Waals surface area contributed by atoms with Crippen molar-refractivity contribution < 1.29 is 9.90 Å². The number of para-hydroxylation sites is 1. The minimum absolute atomic E-state index is 0.0720. The quantitative estimate of drug-likeness (QED) is 0.756. The molecule has 5 heteroatoms. The summed E-state index contributed by atoms with van der Waals surface area (Å²) in [5.74, 6) is -0.972. The molecule has 2 rings (SSSR count). The molecule has 0 saturated heterocycles. The molecule has 0 fully saturated rings. The first kappa shape index (κ1) is 13.6. The lowest BCUT2D eigenvalue weighted by Crippen LogP contribution is -2.34. The summed E-state index contributed by atoms with van der Waals surface area (Å²) in [6.07, 6.45) is 2.39. The first-order chi connectivity index (χ1) is 9.04. The molecule has 1 aromatic carbocycles. The van der Waals surface area contributed by atoms with Gasteiger partial charge in [0.05, 0.1) is 0 Å². The van der Waals surface area contributed by atoms with Gasteiger partial charge in [-0.25, -0.2) is 0 Å². The Morgan fingerprint density at radius 3 is 2.79 bits per heavy atom. The average molecular weight is 261 g/mol. The van der Waals surface area contributed by atoms with Crippen LogP contribution in [0.25, 0.3) is 10.9 Å². The smallest absolute Gasteiger partial charge is 0.320 e. The van der Waals surface area contributed by atoms with Gasteiger partial charge in [0.2, 0.25) is 0 Å². The summed E-state index contributed by atoms with van der Waals surface area (Å²) in [5.41, 5.74) is 7.84. The number of rotatable bonds is 5. The van der Waals surface area contributed by atoms with E-state index < -0.39 is 12.0 Å². The van der Waals surface area contributed by atoms with Gasteiger partial charge in [0.1, 0.15) is 6.04 Å². The molecule has 0 amide bonds. The summed E-state index contributed by atoms with van der Waals surface area (Å²) in [5, 5.41) is 13.2. The van der Waals surface area contributed by atoms with Crippen molar-refractivity contribution in [1.82, 2.24) is 9.88 Å². The Morgan fingerprint density at radius 2 is 2.16 bits per heavy atom. The number of hydrogen-bond acceptors (Lipinski definition) is 3. The summed E-state index contributed by atoms with van der Waals surface area (Å²) >= 11 is 0. The number of carboxylic acid groups (broad SMARTS) is 1. The van der Waals surface area contributed by atoms with Gasteiger partial charge in [-0.2, -0.15) is 0 Å². The van der Waals surface area contributed by atoms with Crippen molar-refractivity contribution in [2.75, 3.05) is 7.05 Å². The number of nitrogens with one attached hydrogen (secondary N) is 1. The van der Waals surface area contributed by atoms with Crippen LogP contribution in [0.2, 0.25) is 0 Å². The van der Waals surface area contributed by atoms with Crippen molar-refractivity contribution in [2.45, 2.75) is 18.5 Å². The highest BCUT2D eigenvalue weighted by atomic mass is 16.4. The lowest BCUT2D eigenvalue weighted by Gasteiger charge is -2.18. The SMILES string of the molecule is CNC(CC(N)C(=O)O)c1cn(C)c2ccccc12. The van der Waals surface area contributed by atoms with Gasteiger partial charge < -0.3 is 20.7 Å². The van der Waals surface area contributed by atoms with Crippen LogP contribution in [0.4, 0.5) is 0 Å². The molecule has 4 N–H and O–H groups in total. The molecule has 2 aromatic rings. The maximum Gasteiger partial charge on any atom is 0.320 e. The van der Waals surface area contributed by atoms with E-state index in [9.17, 15) is 4.79 Å². The van der Waals surface area contributed by atoms with Gasteiger partial charge in [-0.15, -0.1) is 0 Å². The molecule has 0 saturated carbocycles. The van der Waals surface area contributed by atoms with Gasteiger partial charge >= 0.3 is 5.97 Å². The van der Waals surface area contributed by atoms with Crippen LogP contribution in [-0.4, -0.2) is 28.7 Å². The van der Waals surface area contributed by atoms with Gasteiger partial charge in [-0.3, -0.25) is 4.79 Å². The summed E-state index contributed by atoms with van der Waals surface area (Å²) in [6, 6.07) is 7.12. The van der Waals surface area contributed by atoms with Crippen LogP contribution in [0.15, 0.2) is 30.5 Å². The number of fused-ring (bicyclic) bond motifs is 1. The number of aliphatic carboxylic acids is 1. The van der Waals surface area contributed by atoms with E-state index in [1.165, 1.54) is 0 Å². The first-order valence-electron chi connectivity index (χ1n) is 6.24. The molecule has 0 radical (unpaired) electrons. The van der Waals surface area contributed by atoms with Crippen LogP contribution in [0, 0.1) is 0 Å². The minimum atomic E-state index is -0.972. The zero-order valence-electron chi connectivity index (χ0n) is 11.1. The predicted molar refractivity (Wildman–Crippen MR) is 74.9 cm³/mol. The molecule has 0 aliphatic heterocycles. The highest BCUT2D eigenvalue weighted by Gasteiger charge is 2.21. The van der Waals surface area contributed by atoms with E-state index >= 15 is 0 Å². The summed E-state index contributed by atoms with van der Waals surface area (Å²) < 4.78 is 2.04. The second-order valence-corrected chi connectivity index (χ2v) is 4.73. The van der Waals surface area contributed by atoms with Crippen molar-refractivity contribution in [3.8, 4) is 0 Å². The third-order valence-corrected chi connectivity index (χ3v) is 3.46. The van der Waals surface area contributed by atoms with Crippen LogP contribution in [0.3, 0.4) is 0 Å². The summed E-state index contributed by atoms with van der Waals surface area (Å²) in [4.78, 5) is 10.9. The summed E-state index contributed by atoms with van der Waals surface area (Å²) in [7, 11) is 3.80. The van der Waals surface area contributed by atoms with Gasteiger partial charge in [0.15, 0.2) is 0 Å². The Bertz CT molecular complexity index is 591. The molecule has 1 heterocycles. The molecule has 5 nitrogen and oxygen atoms in total. The highest BCUT2D eigenvalue weighted by Crippen LogP contribution is 2.28. The third-order valence-electron chi connectivity index (χ3n) is 3.46. The van der Waals surface area contributed by atoms with E-state index in [1.807, 2.05) is 49.1 Å². The Labute approximate surface area is 112 Å². The Kier molecular flexibility index (Phi) is 3.87. The van der Waals surface area contributed by atoms with Crippen molar-refractivity contribution in [3.05, 3.63) is 36.0 Å². The zero-order valence-corrected chi connectivity index (χ0v) is 11.1. The van der Waals surface area contributed by atoms with E-state index in [0.717, 1.165) is 16.5 Å². The molecule has 19 heavy (non-hydrogen) atoms. The maximum atomic E-state index is 10.9. The van der Waals surface area contributed by atoms with Gasteiger partial charge in [-0.1, -0.05) is 18.2 Å². The minimum Gasteiger partial charge on any atom is -0.480 e. The lowest BCUT2D eigenvalue weighted by atomic mass is 9.99. The molecule has 0 aliphatic carbocycles. The number of carboxylic acids is 1. The fourth-order valence-corrected chi connectivity index (χ4v) is 2.41. The Morgan fingerprint density at radius 1 is 1.47 bits per heavy atom. The standard InChI is InChI=1S/C14H19N3O2/c1-16-12(7-11(15)14(18)19)10-8-17(2)13-6-4-3-5-9(10)13/h3-6,8,11-12,16H,7,15H2,1-2H3,(H,18,19). The molecule has 0 spiro atoms. The second kappa shape index (κ2) is 5.42. The second-order valence-electron chi connectivity index (χ2n) is 4.73. The van der Waals surface area contributed by atoms with E-state index in [4.69, 9.17) is 10.8 Å². The molecular formula is C14H19N3O2. The molecule has 0 aliphatic rings. The Balaban J connectivity index is 2.38. The molecule has 2 atom stereocenters. The van der Waals surface area contributed by atoms with E-state index in [2.05, 4.69) is 5.32 Å². The molecule has 0 bridgehead atoms. The van der Waals surface area contributed by atoms with Gasteiger partial charge in [-0.05, 0) is 25.1 Å². The Hall–Kier alpha value is -1.85.